The van der Waals surface area contributed by atoms with Crippen molar-refractivity contribution in [3.05, 3.63) is 65.5 Å². The fourth-order valence-electron chi connectivity index (χ4n) is 2.71. The maximum atomic E-state index is 13.3. The van der Waals surface area contributed by atoms with Gasteiger partial charge in [-0.3, -0.25) is 9.88 Å². The lowest BCUT2D eigenvalue weighted by Crippen LogP contribution is -2.45. The Labute approximate surface area is 122 Å². The van der Waals surface area contributed by atoms with Gasteiger partial charge in [-0.25, -0.2) is 8.78 Å². The highest BCUT2D eigenvalue weighted by atomic mass is 19.2. The second-order valence-electron chi connectivity index (χ2n) is 5.23. The van der Waals surface area contributed by atoms with Gasteiger partial charge in [0, 0.05) is 44.6 Å². The van der Waals surface area contributed by atoms with Crippen molar-refractivity contribution < 1.29 is 8.78 Å². The molecule has 1 fully saturated rings. The van der Waals surface area contributed by atoms with Crippen molar-refractivity contribution in [3.63, 3.8) is 0 Å². The molecule has 3 rings (SSSR count). The summed E-state index contributed by atoms with van der Waals surface area (Å²) >= 11 is 0. The van der Waals surface area contributed by atoms with E-state index in [1.807, 2.05) is 18.3 Å². The Morgan fingerprint density at radius 3 is 2.90 bits per heavy atom. The number of aromatic nitrogens is 1. The third-order valence-electron chi connectivity index (χ3n) is 3.79. The molecule has 1 atom stereocenters. The first-order chi connectivity index (χ1) is 10.2. The maximum Gasteiger partial charge on any atom is 0.159 e. The van der Waals surface area contributed by atoms with Crippen molar-refractivity contribution in [2.24, 2.45) is 0 Å². The lowest BCUT2D eigenvalue weighted by atomic mass is 10.0. The fourth-order valence-corrected chi connectivity index (χ4v) is 2.71. The summed E-state index contributed by atoms with van der Waals surface area (Å²) in [5.41, 5.74) is 1.91. The Morgan fingerprint density at radius 1 is 1.24 bits per heavy atom. The molecule has 21 heavy (non-hydrogen) atoms. The van der Waals surface area contributed by atoms with E-state index in [1.165, 1.54) is 12.1 Å². The summed E-state index contributed by atoms with van der Waals surface area (Å²) in [6.45, 7) is 3.17. The van der Waals surface area contributed by atoms with Crippen molar-refractivity contribution in [1.29, 1.82) is 0 Å². The molecule has 2 aromatic rings. The van der Waals surface area contributed by atoms with Crippen LogP contribution in [0.3, 0.4) is 0 Å². The molecule has 1 saturated heterocycles. The van der Waals surface area contributed by atoms with Crippen molar-refractivity contribution in [1.82, 2.24) is 15.2 Å². The SMILES string of the molecule is Fc1ccc(CN2CCNCC2c2cccnc2)cc1F. The van der Waals surface area contributed by atoms with Gasteiger partial charge in [-0.2, -0.15) is 0 Å². The largest absolute Gasteiger partial charge is 0.314 e. The summed E-state index contributed by atoms with van der Waals surface area (Å²) in [4.78, 5) is 6.43. The van der Waals surface area contributed by atoms with Crippen LogP contribution in [0.1, 0.15) is 17.2 Å². The first kappa shape index (κ1) is 14.1. The number of nitrogens with one attached hydrogen (secondary N) is 1. The van der Waals surface area contributed by atoms with Crippen LogP contribution in [0.5, 0.6) is 0 Å². The minimum atomic E-state index is -0.803. The fraction of sp³-hybridized carbons (Fsp3) is 0.312. The van der Waals surface area contributed by atoms with Crippen LogP contribution in [-0.4, -0.2) is 29.5 Å². The van der Waals surface area contributed by atoms with Gasteiger partial charge in [0.05, 0.1) is 0 Å². The van der Waals surface area contributed by atoms with Crippen LogP contribution < -0.4 is 5.32 Å². The molecule has 1 aromatic heterocycles. The number of nitrogens with zero attached hydrogens (tertiary/aromatic N) is 2. The highest BCUT2D eigenvalue weighted by Gasteiger charge is 2.24. The Bertz CT molecular complexity index is 604. The van der Waals surface area contributed by atoms with Gasteiger partial charge in [0.1, 0.15) is 0 Å². The zero-order chi connectivity index (χ0) is 14.7. The quantitative estimate of drug-likeness (QED) is 0.941. The van der Waals surface area contributed by atoms with E-state index < -0.39 is 11.6 Å². The van der Waals surface area contributed by atoms with Gasteiger partial charge in [0.15, 0.2) is 11.6 Å². The predicted octanol–water partition coefficient (Wildman–Crippen LogP) is 2.51. The lowest BCUT2D eigenvalue weighted by Gasteiger charge is -2.36. The van der Waals surface area contributed by atoms with Crippen LogP contribution in [0.4, 0.5) is 8.78 Å². The number of hydrogen-bond donors (Lipinski definition) is 1. The Balaban J connectivity index is 1.79. The molecule has 1 aliphatic rings. The van der Waals surface area contributed by atoms with Crippen LogP contribution in [-0.2, 0) is 6.54 Å². The third-order valence-corrected chi connectivity index (χ3v) is 3.79. The molecular formula is C16H17F2N3. The number of hydrogen-bond acceptors (Lipinski definition) is 3. The number of pyridine rings is 1. The lowest BCUT2D eigenvalue weighted by molar-refractivity contribution is 0.153. The molecule has 1 unspecified atom stereocenters. The van der Waals surface area contributed by atoms with E-state index in [1.54, 1.807) is 12.3 Å². The van der Waals surface area contributed by atoms with Crippen LogP contribution in [0.2, 0.25) is 0 Å². The molecule has 3 nitrogen and oxygen atoms in total. The number of rotatable bonds is 3. The summed E-state index contributed by atoms with van der Waals surface area (Å²) in [5, 5.41) is 3.37. The number of benzene rings is 1. The number of halogens is 2. The van der Waals surface area contributed by atoms with Crippen molar-refractivity contribution in [2.45, 2.75) is 12.6 Å². The van der Waals surface area contributed by atoms with E-state index in [0.717, 1.165) is 30.8 Å². The van der Waals surface area contributed by atoms with Crippen LogP contribution in [0.15, 0.2) is 42.7 Å². The average molecular weight is 289 g/mol. The van der Waals surface area contributed by atoms with Crippen molar-refractivity contribution >= 4 is 0 Å². The van der Waals surface area contributed by atoms with E-state index in [-0.39, 0.29) is 6.04 Å². The number of piperazine rings is 1. The second-order valence-corrected chi connectivity index (χ2v) is 5.23. The van der Waals surface area contributed by atoms with E-state index in [9.17, 15) is 8.78 Å². The van der Waals surface area contributed by atoms with Crippen LogP contribution in [0, 0.1) is 11.6 Å². The van der Waals surface area contributed by atoms with Gasteiger partial charge in [-0.15, -0.1) is 0 Å². The molecule has 5 heteroatoms. The Morgan fingerprint density at radius 2 is 2.14 bits per heavy atom. The van der Waals surface area contributed by atoms with E-state index >= 15 is 0 Å². The van der Waals surface area contributed by atoms with Gasteiger partial charge in [0.25, 0.3) is 0 Å². The van der Waals surface area contributed by atoms with Gasteiger partial charge in [0.2, 0.25) is 0 Å². The van der Waals surface area contributed by atoms with Gasteiger partial charge >= 0.3 is 0 Å². The molecule has 0 saturated carbocycles. The molecule has 0 bridgehead atoms. The van der Waals surface area contributed by atoms with E-state index in [0.29, 0.717) is 6.54 Å². The summed E-state index contributed by atoms with van der Waals surface area (Å²) < 4.78 is 26.3. The summed E-state index contributed by atoms with van der Waals surface area (Å²) in [5.74, 6) is -1.59. The molecule has 2 heterocycles. The monoisotopic (exact) mass is 289 g/mol. The summed E-state index contributed by atoms with van der Waals surface area (Å²) in [7, 11) is 0. The predicted molar refractivity (Wildman–Crippen MR) is 76.6 cm³/mol. The highest BCUT2D eigenvalue weighted by molar-refractivity contribution is 5.20. The minimum absolute atomic E-state index is 0.195. The Hall–Kier alpha value is -1.85. The minimum Gasteiger partial charge on any atom is -0.314 e. The molecule has 0 amide bonds. The van der Waals surface area contributed by atoms with Crippen LogP contribution >= 0.6 is 0 Å². The van der Waals surface area contributed by atoms with Crippen LogP contribution in [0.25, 0.3) is 0 Å². The first-order valence-electron chi connectivity index (χ1n) is 7.02. The van der Waals surface area contributed by atoms with Gasteiger partial charge in [-0.05, 0) is 29.3 Å². The molecule has 0 radical (unpaired) electrons. The van der Waals surface area contributed by atoms with Gasteiger partial charge in [-0.1, -0.05) is 12.1 Å². The molecule has 110 valence electrons. The summed E-state index contributed by atoms with van der Waals surface area (Å²) in [6.07, 6.45) is 3.61. The topological polar surface area (TPSA) is 28.2 Å². The Kier molecular flexibility index (Phi) is 4.22. The average Bonchev–Trinajstić information content (AvgIpc) is 2.52. The third kappa shape index (κ3) is 3.25. The maximum absolute atomic E-state index is 13.3. The molecule has 1 N–H and O–H groups in total. The molecule has 1 aliphatic heterocycles. The first-order valence-corrected chi connectivity index (χ1v) is 7.02. The molecule has 1 aromatic carbocycles. The van der Waals surface area contributed by atoms with E-state index in [2.05, 4.69) is 15.2 Å². The second kappa shape index (κ2) is 6.28. The highest BCUT2D eigenvalue weighted by Crippen LogP contribution is 2.23. The zero-order valence-corrected chi connectivity index (χ0v) is 11.6. The summed E-state index contributed by atoms with van der Waals surface area (Å²) in [6, 6.07) is 8.26. The zero-order valence-electron chi connectivity index (χ0n) is 11.6. The van der Waals surface area contributed by atoms with E-state index in [4.69, 9.17) is 0 Å². The standard InChI is InChI=1S/C16H17F2N3/c17-14-4-3-12(8-15(14)18)11-21-7-6-20-10-16(21)13-2-1-5-19-9-13/h1-5,8-9,16,20H,6-7,10-11H2. The smallest absolute Gasteiger partial charge is 0.159 e. The molecule has 0 spiro atoms. The van der Waals surface area contributed by atoms with Crippen molar-refractivity contribution in [3.8, 4) is 0 Å². The normalized spacial score (nSPS) is 19.6. The van der Waals surface area contributed by atoms with Crippen molar-refractivity contribution in [2.75, 3.05) is 19.6 Å². The molecule has 0 aliphatic carbocycles. The van der Waals surface area contributed by atoms with Gasteiger partial charge < -0.3 is 5.32 Å². The molecular weight excluding hydrogens is 272 g/mol.